The molecule has 0 saturated carbocycles. The average Bonchev–Trinajstić information content (AvgIpc) is 2.94. The number of anilines is 1. The van der Waals surface area contributed by atoms with E-state index in [2.05, 4.69) is 9.88 Å². The van der Waals surface area contributed by atoms with Crippen LogP contribution in [0.1, 0.15) is 16.7 Å². The Balaban J connectivity index is 1.83. The maximum Gasteiger partial charge on any atom is 0.245 e. The molecule has 3 aromatic rings. The Hall–Kier alpha value is -2.60. The first-order valence-corrected chi connectivity index (χ1v) is 9.16. The van der Waals surface area contributed by atoms with Gasteiger partial charge in [0.1, 0.15) is 0 Å². The van der Waals surface area contributed by atoms with Gasteiger partial charge in [-0.05, 0) is 25.0 Å². The molecular weight excluding hydrogens is 324 g/mol. The summed E-state index contributed by atoms with van der Waals surface area (Å²) in [6, 6.07) is 15.1. The molecule has 0 fully saturated rings. The van der Waals surface area contributed by atoms with Gasteiger partial charge in [0.25, 0.3) is 0 Å². The van der Waals surface area contributed by atoms with Crippen molar-refractivity contribution in [3.8, 4) is 11.1 Å². The lowest BCUT2D eigenvalue weighted by molar-refractivity contribution is 0.435. The van der Waals surface area contributed by atoms with Gasteiger partial charge >= 0.3 is 0 Å². The number of aromatic nitrogens is 1. The fourth-order valence-electron chi connectivity index (χ4n) is 2.45. The van der Waals surface area contributed by atoms with Crippen LogP contribution in [0, 0.1) is 13.8 Å². The van der Waals surface area contributed by atoms with Crippen molar-refractivity contribution in [2.45, 2.75) is 19.6 Å². The lowest BCUT2D eigenvalue weighted by atomic mass is 10.1. The Kier molecular flexibility index (Phi) is 4.40. The normalized spacial score (nSPS) is 11.4. The third kappa shape index (κ3) is 3.83. The third-order valence-electron chi connectivity index (χ3n) is 3.62. The Bertz CT molecular complexity index is 944. The van der Waals surface area contributed by atoms with Gasteiger partial charge in [-0.2, -0.15) is 0 Å². The maximum absolute atomic E-state index is 12.4. The molecule has 6 heteroatoms. The van der Waals surface area contributed by atoms with Crippen LogP contribution in [-0.4, -0.2) is 13.6 Å². The number of benzene rings is 2. The van der Waals surface area contributed by atoms with Gasteiger partial charge in [0.15, 0.2) is 0 Å². The number of hydrogen-bond donors (Lipinski definition) is 1. The Morgan fingerprint density at radius 3 is 2.50 bits per heavy atom. The van der Waals surface area contributed by atoms with Crippen LogP contribution < -0.4 is 4.72 Å². The van der Waals surface area contributed by atoms with Crippen molar-refractivity contribution in [3.63, 3.8) is 0 Å². The van der Waals surface area contributed by atoms with E-state index in [9.17, 15) is 8.42 Å². The number of nitrogens with zero attached hydrogens (tertiary/aromatic N) is 1. The molecule has 24 heavy (non-hydrogen) atoms. The molecule has 0 aliphatic rings. The fraction of sp³-hybridized carbons (Fsp3) is 0.167. The molecule has 2 aromatic carbocycles. The van der Waals surface area contributed by atoms with E-state index >= 15 is 0 Å². The first kappa shape index (κ1) is 16.3. The molecule has 124 valence electrons. The highest BCUT2D eigenvalue weighted by Gasteiger charge is 2.18. The SMILES string of the molecule is Cc1ccc(-c2cnoc2NS(=O)(=O)Cc2cccc(C)c2)cc1. The molecule has 0 aliphatic heterocycles. The summed E-state index contributed by atoms with van der Waals surface area (Å²) in [6.45, 7) is 3.92. The third-order valence-corrected chi connectivity index (χ3v) is 4.83. The molecule has 1 aromatic heterocycles. The summed E-state index contributed by atoms with van der Waals surface area (Å²) in [5.74, 6) is 0.00872. The number of rotatable bonds is 5. The van der Waals surface area contributed by atoms with E-state index < -0.39 is 10.0 Å². The van der Waals surface area contributed by atoms with E-state index in [0.717, 1.165) is 22.3 Å². The molecule has 0 bridgehead atoms. The topological polar surface area (TPSA) is 72.2 Å². The van der Waals surface area contributed by atoms with Crippen molar-refractivity contribution in [1.29, 1.82) is 0 Å². The summed E-state index contributed by atoms with van der Waals surface area (Å²) in [7, 11) is -3.60. The van der Waals surface area contributed by atoms with Crippen LogP contribution in [-0.2, 0) is 15.8 Å². The number of hydrogen-bond acceptors (Lipinski definition) is 4. The zero-order valence-electron chi connectivity index (χ0n) is 13.5. The predicted octanol–water partition coefficient (Wildman–Crippen LogP) is 3.90. The summed E-state index contributed by atoms with van der Waals surface area (Å²) in [4.78, 5) is 0. The summed E-state index contributed by atoms with van der Waals surface area (Å²) in [5.41, 5.74) is 4.32. The zero-order chi connectivity index (χ0) is 17.2. The van der Waals surface area contributed by atoms with Crippen LogP contribution in [0.5, 0.6) is 0 Å². The standard InChI is InChI=1S/C18H18N2O3S/c1-13-6-8-16(9-7-13)17-11-19-23-18(17)20-24(21,22)12-15-5-3-4-14(2)10-15/h3-11,20H,12H2,1-2H3. The molecule has 0 aliphatic carbocycles. The minimum absolute atomic E-state index is 0.122. The van der Waals surface area contributed by atoms with Crippen LogP contribution in [0.15, 0.2) is 59.3 Å². The minimum Gasteiger partial charge on any atom is -0.337 e. The monoisotopic (exact) mass is 342 g/mol. The molecule has 0 saturated heterocycles. The zero-order valence-corrected chi connectivity index (χ0v) is 14.3. The largest absolute Gasteiger partial charge is 0.337 e. The average molecular weight is 342 g/mol. The van der Waals surface area contributed by atoms with E-state index in [0.29, 0.717) is 5.56 Å². The Morgan fingerprint density at radius 1 is 1.04 bits per heavy atom. The summed E-state index contributed by atoms with van der Waals surface area (Å²) in [5, 5.41) is 3.72. The quantitative estimate of drug-likeness (QED) is 0.763. The molecule has 0 radical (unpaired) electrons. The molecule has 0 amide bonds. The van der Waals surface area contributed by atoms with Crippen molar-refractivity contribution in [1.82, 2.24) is 5.16 Å². The van der Waals surface area contributed by atoms with Crippen LogP contribution in [0.2, 0.25) is 0 Å². The number of sulfonamides is 1. The number of nitrogens with one attached hydrogen (secondary N) is 1. The van der Waals surface area contributed by atoms with E-state index in [1.54, 1.807) is 6.07 Å². The first-order valence-electron chi connectivity index (χ1n) is 7.51. The molecule has 1 N–H and O–H groups in total. The van der Waals surface area contributed by atoms with Crippen molar-refractivity contribution in [2.24, 2.45) is 0 Å². The van der Waals surface area contributed by atoms with Crippen LogP contribution >= 0.6 is 0 Å². The van der Waals surface area contributed by atoms with Gasteiger partial charge in [0.2, 0.25) is 15.9 Å². The molecule has 1 heterocycles. The fourth-order valence-corrected chi connectivity index (χ4v) is 3.57. The van der Waals surface area contributed by atoms with Gasteiger partial charge in [-0.1, -0.05) is 64.8 Å². The second-order valence-electron chi connectivity index (χ2n) is 5.78. The van der Waals surface area contributed by atoms with E-state index in [1.165, 1.54) is 6.20 Å². The highest BCUT2D eigenvalue weighted by Crippen LogP contribution is 2.29. The van der Waals surface area contributed by atoms with Crippen molar-refractivity contribution in [3.05, 3.63) is 71.4 Å². The molecule has 0 unspecified atom stereocenters. The second-order valence-corrected chi connectivity index (χ2v) is 7.51. The van der Waals surface area contributed by atoms with Crippen molar-refractivity contribution >= 4 is 15.9 Å². The minimum atomic E-state index is -3.60. The Morgan fingerprint density at radius 2 is 1.79 bits per heavy atom. The first-order chi connectivity index (χ1) is 11.4. The van der Waals surface area contributed by atoms with E-state index in [4.69, 9.17) is 4.52 Å². The Labute approximate surface area is 141 Å². The van der Waals surface area contributed by atoms with Crippen LogP contribution in [0.3, 0.4) is 0 Å². The summed E-state index contributed by atoms with van der Waals surface area (Å²) in [6.07, 6.45) is 1.51. The highest BCUT2D eigenvalue weighted by atomic mass is 32.2. The van der Waals surface area contributed by atoms with Crippen LogP contribution in [0.4, 0.5) is 5.88 Å². The molecule has 0 atom stereocenters. The molecule has 0 spiro atoms. The lowest BCUT2D eigenvalue weighted by Crippen LogP contribution is -2.15. The molecular formula is C18H18N2O3S. The van der Waals surface area contributed by atoms with Gasteiger partial charge in [0, 0.05) is 0 Å². The van der Waals surface area contributed by atoms with E-state index in [1.807, 2.05) is 56.3 Å². The summed E-state index contributed by atoms with van der Waals surface area (Å²) < 4.78 is 32.4. The van der Waals surface area contributed by atoms with Crippen LogP contribution in [0.25, 0.3) is 11.1 Å². The highest BCUT2D eigenvalue weighted by molar-refractivity contribution is 7.91. The van der Waals surface area contributed by atoms with Gasteiger partial charge in [0.05, 0.1) is 17.5 Å². The van der Waals surface area contributed by atoms with E-state index in [-0.39, 0.29) is 11.6 Å². The maximum atomic E-state index is 12.4. The van der Waals surface area contributed by atoms with Gasteiger partial charge < -0.3 is 4.52 Å². The lowest BCUT2D eigenvalue weighted by Gasteiger charge is -2.08. The van der Waals surface area contributed by atoms with Gasteiger partial charge in [-0.3, -0.25) is 4.72 Å². The molecule has 3 rings (SSSR count). The second kappa shape index (κ2) is 6.49. The number of aryl methyl sites for hydroxylation is 2. The van der Waals surface area contributed by atoms with Crippen molar-refractivity contribution in [2.75, 3.05) is 4.72 Å². The summed E-state index contributed by atoms with van der Waals surface area (Å²) >= 11 is 0. The predicted molar refractivity (Wildman–Crippen MR) is 94.1 cm³/mol. The molecule has 5 nitrogen and oxygen atoms in total. The van der Waals surface area contributed by atoms with Gasteiger partial charge in [-0.25, -0.2) is 8.42 Å². The van der Waals surface area contributed by atoms with Gasteiger partial charge in [-0.15, -0.1) is 0 Å². The van der Waals surface area contributed by atoms with Crippen molar-refractivity contribution < 1.29 is 12.9 Å². The smallest absolute Gasteiger partial charge is 0.245 e.